The van der Waals surface area contributed by atoms with E-state index in [1.807, 2.05) is 0 Å². The third-order valence-electron chi connectivity index (χ3n) is 3.80. The molecule has 18 heavy (non-hydrogen) atoms. The highest BCUT2D eigenvalue weighted by Gasteiger charge is 2.00. The van der Waals surface area contributed by atoms with Gasteiger partial charge in [0.25, 0.3) is 0 Å². The maximum absolute atomic E-state index is 5.47. The summed E-state index contributed by atoms with van der Waals surface area (Å²) in [5.74, 6) is 0. The van der Waals surface area contributed by atoms with Crippen LogP contribution in [0.15, 0.2) is 0 Å². The molecule has 0 aliphatic heterocycles. The Morgan fingerprint density at radius 3 is 1.61 bits per heavy atom. The Morgan fingerprint density at radius 2 is 1.17 bits per heavy atom. The van der Waals surface area contributed by atoms with Gasteiger partial charge in [-0.3, -0.25) is 0 Å². The molecule has 2 heteroatoms. The van der Waals surface area contributed by atoms with Crippen molar-refractivity contribution < 1.29 is 0 Å². The first-order valence-corrected chi connectivity index (χ1v) is 8.28. The van der Waals surface area contributed by atoms with E-state index in [4.69, 9.17) is 5.73 Å². The van der Waals surface area contributed by atoms with E-state index in [0.717, 1.165) is 12.6 Å². The van der Waals surface area contributed by atoms with E-state index in [2.05, 4.69) is 19.2 Å². The van der Waals surface area contributed by atoms with Crippen molar-refractivity contribution in [3.8, 4) is 0 Å². The van der Waals surface area contributed by atoms with Crippen molar-refractivity contribution in [2.45, 2.75) is 90.5 Å². The smallest absolute Gasteiger partial charge is 0.00618 e. The van der Waals surface area contributed by atoms with Crippen LogP contribution in [0.5, 0.6) is 0 Å². The van der Waals surface area contributed by atoms with Crippen LogP contribution in [0.4, 0.5) is 0 Å². The average molecular weight is 256 g/mol. The van der Waals surface area contributed by atoms with E-state index in [1.165, 1.54) is 77.2 Å². The molecule has 3 N–H and O–H groups in total. The Kier molecular flexibility index (Phi) is 14.9. The molecule has 0 aliphatic carbocycles. The number of rotatable bonds is 14. The summed E-state index contributed by atoms with van der Waals surface area (Å²) in [4.78, 5) is 0. The zero-order valence-corrected chi connectivity index (χ0v) is 12.8. The second-order valence-electron chi connectivity index (χ2n) is 5.44. The Hall–Kier alpha value is -0.0800. The Morgan fingerprint density at radius 1 is 0.722 bits per heavy atom. The van der Waals surface area contributed by atoms with Crippen LogP contribution in [0.1, 0.15) is 84.5 Å². The van der Waals surface area contributed by atoms with Crippen LogP contribution >= 0.6 is 0 Å². The molecule has 0 saturated heterocycles. The maximum Gasteiger partial charge on any atom is 0.00618 e. The molecule has 0 aliphatic rings. The molecule has 0 spiro atoms. The van der Waals surface area contributed by atoms with E-state index in [-0.39, 0.29) is 0 Å². The molecule has 0 rings (SSSR count). The first-order chi connectivity index (χ1) is 8.85. The third-order valence-corrected chi connectivity index (χ3v) is 3.80. The first-order valence-electron chi connectivity index (χ1n) is 8.28. The van der Waals surface area contributed by atoms with Crippen LogP contribution in [0.3, 0.4) is 0 Å². The van der Waals surface area contributed by atoms with E-state index in [0.29, 0.717) is 0 Å². The molecule has 0 aromatic carbocycles. The molecule has 0 radical (unpaired) electrons. The molecule has 0 atom stereocenters. The van der Waals surface area contributed by atoms with E-state index in [1.54, 1.807) is 0 Å². The summed E-state index contributed by atoms with van der Waals surface area (Å²) in [7, 11) is 0. The SMILES string of the molecule is CCC(CC)NCCCCCCCCCCCN. The summed E-state index contributed by atoms with van der Waals surface area (Å²) in [6.45, 7) is 6.62. The van der Waals surface area contributed by atoms with Crippen LogP contribution in [0.2, 0.25) is 0 Å². The van der Waals surface area contributed by atoms with E-state index < -0.39 is 0 Å². The van der Waals surface area contributed by atoms with Gasteiger partial charge in [0.05, 0.1) is 0 Å². The van der Waals surface area contributed by atoms with Crippen molar-refractivity contribution in [3.05, 3.63) is 0 Å². The summed E-state index contributed by atoms with van der Waals surface area (Å²) in [5.41, 5.74) is 5.47. The third kappa shape index (κ3) is 12.4. The Labute approximate surface area is 115 Å². The monoisotopic (exact) mass is 256 g/mol. The molecule has 0 heterocycles. The summed E-state index contributed by atoms with van der Waals surface area (Å²) >= 11 is 0. The molecule has 0 aromatic heterocycles. The van der Waals surface area contributed by atoms with Gasteiger partial charge in [0.1, 0.15) is 0 Å². The van der Waals surface area contributed by atoms with Crippen LogP contribution < -0.4 is 11.1 Å². The number of unbranched alkanes of at least 4 members (excludes halogenated alkanes) is 8. The molecule has 0 saturated carbocycles. The van der Waals surface area contributed by atoms with Gasteiger partial charge in [0.2, 0.25) is 0 Å². The molecule has 0 fully saturated rings. The molecular formula is C16H36N2. The van der Waals surface area contributed by atoms with Gasteiger partial charge in [0.15, 0.2) is 0 Å². The van der Waals surface area contributed by atoms with E-state index >= 15 is 0 Å². The minimum Gasteiger partial charge on any atom is -0.330 e. The normalized spacial score (nSPS) is 11.3. The van der Waals surface area contributed by atoms with Crippen molar-refractivity contribution >= 4 is 0 Å². The lowest BCUT2D eigenvalue weighted by Gasteiger charge is -2.14. The number of hydrogen-bond acceptors (Lipinski definition) is 2. The average Bonchev–Trinajstić information content (AvgIpc) is 2.40. The zero-order chi connectivity index (χ0) is 13.5. The summed E-state index contributed by atoms with van der Waals surface area (Å²) < 4.78 is 0. The van der Waals surface area contributed by atoms with Gasteiger partial charge in [-0.1, -0.05) is 58.8 Å². The van der Waals surface area contributed by atoms with Crippen molar-refractivity contribution in [1.29, 1.82) is 0 Å². The number of nitrogens with one attached hydrogen (secondary N) is 1. The second kappa shape index (κ2) is 15.0. The first kappa shape index (κ1) is 17.9. The summed E-state index contributed by atoms with van der Waals surface area (Å²) in [6, 6.07) is 0.743. The Bertz CT molecular complexity index is 144. The standard InChI is InChI=1S/C16H36N2/c1-3-16(4-2)18-15-13-11-9-7-5-6-8-10-12-14-17/h16,18H,3-15,17H2,1-2H3. The highest BCUT2D eigenvalue weighted by molar-refractivity contribution is 4.61. The second-order valence-corrected chi connectivity index (χ2v) is 5.44. The van der Waals surface area contributed by atoms with Gasteiger partial charge < -0.3 is 11.1 Å². The lowest BCUT2D eigenvalue weighted by molar-refractivity contribution is 0.466. The summed E-state index contributed by atoms with van der Waals surface area (Å²) in [6.07, 6.45) is 14.9. The molecule has 0 amide bonds. The van der Waals surface area contributed by atoms with Gasteiger partial charge in [0, 0.05) is 6.04 Å². The molecule has 2 nitrogen and oxygen atoms in total. The van der Waals surface area contributed by atoms with Crippen LogP contribution in [-0.4, -0.2) is 19.1 Å². The predicted molar refractivity (Wildman–Crippen MR) is 83.0 cm³/mol. The lowest BCUT2D eigenvalue weighted by atomic mass is 10.1. The molecule has 110 valence electrons. The van der Waals surface area contributed by atoms with Gasteiger partial charge in [-0.2, -0.15) is 0 Å². The molecule has 0 bridgehead atoms. The van der Waals surface area contributed by atoms with Crippen LogP contribution in [-0.2, 0) is 0 Å². The lowest BCUT2D eigenvalue weighted by Crippen LogP contribution is -2.28. The van der Waals surface area contributed by atoms with Crippen LogP contribution in [0.25, 0.3) is 0 Å². The van der Waals surface area contributed by atoms with Crippen molar-refractivity contribution in [3.63, 3.8) is 0 Å². The fourth-order valence-electron chi connectivity index (χ4n) is 2.39. The molecule has 0 unspecified atom stereocenters. The van der Waals surface area contributed by atoms with Crippen molar-refractivity contribution in [1.82, 2.24) is 5.32 Å². The fraction of sp³-hybridized carbons (Fsp3) is 1.00. The van der Waals surface area contributed by atoms with Crippen molar-refractivity contribution in [2.75, 3.05) is 13.1 Å². The van der Waals surface area contributed by atoms with Gasteiger partial charge in [-0.05, 0) is 38.8 Å². The fourth-order valence-corrected chi connectivity index (χ4v) is 2.39. The van der Waals surface area contributed by atoms with Gasteiger partial charge in [-0.15, -0.1) is 0 Å². The Balaban J connectivity index is 3.03. The molecule has 0 aromatic rings. The highest BCUT2D eigenvalue weighted by atomic mass is 14.9. The van der Waals surface area contributed by atoms with Gasteiger partial charge in [-0.25, -0.2) is 0 Å². The number of nitrogens with two attached hydrogens (primary N) is 1. The van der Waals surface area contributed by atoms with Crippen molar-refractivity contribution in [2.24, 2.45) is 5.73 Å². The van der Waals surface area contributed by atoms with Gasteiger partial charge >= 0.3 is 0 Å². The molecular weight excluding hydrogens is 220 g/mol. The quantitative estimate of drug-likeness (QED) is 0.456. The largest absolute Gasteiger partial charge is 0.330 e. The zero-order valence-electron chi connectivity index (χ0n) is 12.8. The maximum atomic E-state index is 5.47. The summed E-state index contributed by atoms with van der Waals surface area (Å²) in [5, 5.41) is 3.63. The van der Waals surface area contributed by atoms with Crippen LogP contribution in [0, 0.1) is 0 Å². The topological polar surface area (TPSA) is 38.0 Å². The number of hydrogen-bond donors (Lipinski definition) is 2. The van der Waals surface area contributed by atoms with E-state index in [9.17, 15) is 0 Å². The highest BCUT2D eigenvalue weighted by Crippen LogP contribution is 2.09. The predicted octanol–water partition coefficient (Wildman–Crippen LogP) is 4.23. The minimum absolute atomic E-state index is 0.743. The minimum atomic E-state index is 0.743.